The summed E-state index contributed by atoms with van der Waals surface area (Å²) in [6.07, 6.45) is 1.21. The van der Waals surface area contributed by atoms with E-state index in [2.05, 4.69) is 15.2 Å². The zero-order chi connectivity index (χ0) is 21.2. The molecule has 1 N–H and O–H groups in total. The number of carbonyl (C=O) groups is 2. The zero-order valence-corrected chi connectivity index (χ0v) is 14.9. The molecule has 3 rings (SSSR count). The fourth-order valence-electron chi connectivity index (χ4n) is 2.70. The van der Waals surface area contributed by atoms with Gasteiger partial charge in [0.05, 0.1) is 11.1 Å². The number of nitrogens with zero attached hydrogens (tertiary/aromatic N) is 3. The predicted octanol–water partition coefficient (Wildman–Crippen LogP) is 3.00. The van der Waals surface area contributed by atoms with Gasteiger partial charge in [0.25, 0.3) is 11.6 Å². The Morgan fingerprint density at radius 3 is 2.34 bits per heavy atom. The molecule has 150 valence electrons. The molecule has 9 nitrogen and oxygen atoms in total. The summed E-state index contributed by atoms with van der Waals surface area (Å²) in [4.78, 5) is 35.1. The van der Waals surface area contributed by atoms with Gasteiger partial charge in [-0.1, -0.05) is 12.1 Å². The number of amides is 3. The summed E-state index contributed by atoms with van der Waals surface area (Å²) in [6, 6.07) is 9.88. The second kappa shape index (κ2) is 7.62. The van der Waals surface area contributed by atoms with Crippen molar-refractivity contribution in [3.8, 4) is 5.75 Å². The average Bonchev–Trinajstić information content (AvgIpc) is 2.90. The van der Waals surface area contributed by atoms with Gasteiger partial charge >= 0.3 is 12.6 Å². The minimum Gasteiger partial charge on any atom is -0.435 e. The van der Waals surface area contributed by atoms with Gasteiger partial charge in [0, 0.05) is 12.1 Å². The van der Waals surface area contributed by atoms with Crippen LogP contribution < -0.4 is 10.1 Å². The van der Waals surface area contributed by atoms with Crippen LogP contribution in [-0.4, -0.2) is 34.7 Å². The number of hydrogen-bond donors (Lipinski definition) is 1. The Bertz CT molecular complexity index is 979. The number of ether oxygens (including phenoxy) is 1. The van der Waals surface area contributed by atoms with Gasteiger partial charge < -0.3 is 10.1 Å². The van der Waals surface area contributed by atoms with Crippen LogP contribution in [0.15, 0.2) is 53.6 Å². The fourth-order valence-corrected chi connectivity index (χ4v) is 2.70. The SMILES string of the molecule is CC1(c2ccc(OC(F)F)cc2)NC(=O)N(N=Cc2ccc([N+](=O)[O-])cc2)C1=O. The number of hydrogen-bond acceptors (Lipinski definition) is 6. The number of non-ortho nitro benzene ring substituents is 1. The lowest BCUT2D eigenvalue weighted by Crippen LogP contribution is -2.40. The lowest BCUT2D eigenvalue weighted by Gasteiger charge is -2.21. The van der Waals surface area contributed by atoms with E-state index in [0.717, 1.165) is 0 Å². The minimum absolute atomic E-state index is 0.0860. The van der Waals surface area contributed by atoms with Crippen LogP contribution in [0.2, 0.25) is 0 Å². The first kappa shape index (κ1) is 19.9. The highest BCUT2D eigenvalue weighted by Gasteiger charge is 2.49. The molecule has 29 heavy (non-hydrogen) atoms. The molecule has 0 saturated carbocycles. The molecule has 0 aromatic heterocycles. The number of halogens is 2. The van der Waals surface area contributed by atoms with Gasteiger partial charge in [-0.3, -0.25) is 14.9 Å². The molecule has 1 unspecified atom stereocenters. The smallest absolute Gasteiger partial charge is 0.387 e. The Morgan fingerprint density at radius 2 is 1.79 bits per heavy atom. The summed E-state index contributed by atoms with van der Waals surface area (Å²) in [5.74, 6) is -0.764. The maximum absolute atomic E-state index is 12.8. The predicted molar refractivity (Wildman–Crippen MR) is 96.5 cm³/mol. The molecule has 1 aliphatic rings. The molecule has 1 atom stereocenters. The van der Waals surface area contributed by atoms with Crippen molar-refractivity contribution in [1.29, 1.82) is 0 Å². The molecule has 1 aliphatic heterocycles. The third-order valence-electron chi connectivity index (χ3n) is 4.25. The normalized spacial score (nSPS) is 19.1. The van der Waals surface area contributed by atoms with E-state index in [1.165, 1.54) is 61.7 Å². The number of alkyl halides is 2. The Labute approximate surface area is 162 Å². The second-order valence-electron chi connectivity index (χ2n) is 6.17. The van der Waals surface area contributed by atoms with Crippen molar-refractivity contribution in [2.75, 3.05) is 0 Å². The van der Waals surface area contributed by atoms with Gasteiger partial charge in [0.2, 0.25) is 0 Å². The van der Waals surface area contributed by atoms with E-state index in [1.807, 2.05) is 0 Å². The molecule has 0 radical (unpaired) electrons. The van der Waals surface area contributed by atoms with Crippen LogP contribution >= 0.6 is 0 Å². The number of nitro benzene ring substituents is 1. The molecule has 1 fully saturated rings. The summed E-state index contributed by atoms with van der Waals surface area (Å²) in [6.45, 7) is -1.52. The van der Waals surface area contributed by atoms with E-state index in [4.69, 9.17) is 0 Å². The highest BCUT2D eigenvalue weighted by atomic mass is 19.3. The highest BCUT2D eigenvalue weighted by molar-refractivity contribution is 6.07. The van der Waals surface area contributed by atoms with Crippen LogP contribution in [0.3, 0.4) is 0 Å². The number of imide groups is 1. The van der Waals surface area contributed by atoms with Crippen LogP contribution in [0.4, 0.5) is 19.3 Å². The summed E-state index contributed by atoms with van der Waals surface area (Å²) in [5, 5.41) is 17.7. The standard InChI is InChI=1S/C18H14F2N4O5/c1-18(12-4-8-14(9-5-12)29-16(19)20)15(25)23(17(26)22-18)21-10-11-2-6-13(7-3-11)24(27)28/h2-10,16H,1H3,(H,22,26). The molecule has 2 aromatic rings. The Kier molecular flexibility index (Phi) is 5.22. The minimum atomic E-state index is -2.98. The Hall–Kier alpha value is -3.89. The third-order valence-corrected chi connectivity index (χ3v) is 4.25. The lowest BCUT2D eigenvalue weighted by molar-refractivity contribution is -0.384. The van der Waals surface area contributed by atoms with Crippen LogP contribution in [0, 0.1) is 10.1 Å². The van der Waals surface area contributed by atoms with Gasteiger partial charge in [-0.05, 0) is 42.3 Å². The maximum Gasteiger partial charge on any atom is 0.387 e. The van der Waals surface area contributed by atoms with Gasteiger partial charge in [0.15, 0.2) is 0 Å². The number of benzene rings is 2. The summed E-state index contributed by atoms with van der Waals surface area (Å²) >= 11 is 0. The first-order valence-electron chi connectivity index (χ1n) is 8.21. The molecule has 1 saturated heterocycles. The molecule has 0 bridgehead atoms. The molecule has 3 amide bonds. The van der Waals surface area contributed by atoms with E-state index in [0.29, 0.717) is 16.1 Å². The molecule has 11 heteroatoms. The molecule has 2 aromatic carbocycles. The number of nitro groups is 1. The van der Waals surface area contributed by atoms with Crippen molar-refractivity contribution < 1.29 is 28.0 Å². The van der Waals surface area contributed by atoms with Crippen LogP contribution in [-0.2, 0) is 10.3 Å². The van der Waals surface area contributed by atoms with Gasteiger partial charge in [-0.15, -0.1) is 5.01 Å². The summed E-state index contributed by atoms with van der Waals surface area (Å²) in [5.41, 5.74) is -0.763. The number of hydrazone groups is 1. The van der Waals surface area contributed by atoms with Gasteiger partial charge in [-0.25, -0.2) is 4.79 Å². The van der Waals surface area contributed by atoms with Crippen molar-refractivity contribution in [3.63, 3.8) is 0 Å². The monoisotopic (exact) mass is 404 g/mol. The van der Waals surface area contributed by atoms with E-state index in [1.54, 1.807) is 0 Å². The maximum atomic E-state index is 12.8. The topological polar surface area (TPSA) is 114 Å². The Balaban J connectivity index is 1.78. The van der Waals surface area contributed by atoms with Crippen LogP contribution in [0.5, 0.6) is 5.75 Å². The van der Waals surface area contributed by atoms with Crippen molar-refractivity contribution >= 4 is 23.8 Å². The number of rotatable bonds is 6. The zero-order valence-electron chi connectivity index (χ0n) is 14.9. The van der Waals surface area contributed by atoms with E-state index in [9.17, 15) is 28.5 Å². The Morgan fingerprint density at radius 1 is 1.17 bits per heavy atom. The van der Waals surface area contributed by atoms with Crippen molar-refractivity contribution in [1.82, 2.24) is 10.3 Å². The fraction of sp³-hybridized carbons (Fsp3) is 0.167. The van der Waals surface area contributed by atoms with Crippen LogP contribution in [0.1, 0.15) is 18.1 Å². The molecule has 0 aliphatic carbocycles. The summed E-state index contributed by atoms with van der Waals surface area (Å²) in [7, 11) is 0. The first-order chi connectivity index (χ1) is 13.7. The van der Waals surface area contributed by atoms with E-state index >= 15 is 0 Å². The molecular formula is C18H14F2N4O5. The number of nitrogens with one attached hydrogen (secondary N) is 1. The molecule has 1 heterocycles. The van der Waals surface area contributed by atoms with Gasteiger partial charge in [0.1, 0.15) is 11.3 Å². The quantitative estimate of drug-likeness (QED) is 0.344. The lowest BCUT2D eigenvalue weighted by atomic mass is 9.92. The van der Waals surface area contributed by atoms with Crippen molar-refractivity contribution in [3.05, 3.63) is 69.8 Å². The average molecular weight is 404 g/mol. The van der Waals surface area contributed by atoms with E-state index in [-0.39, 0.29) is 11.4 Å². The number of carbonyl (C=O) groups excluding carboxylic acids is 2. The van der Waals surface area contributed by atoms with Crippen molar-refractivity contribution in [2.45, 2.75) is 19.1 Å². The molecular weight excluding hydrogens is 390 g/mol. The highest BCUT2D eigenvalue weighted by Crippen LogP contribution is 2.30. The van der Waals surface area contributed by atoms with Gasteiger partial charge in [-0.2, -0.15) is 13.9 Å². The second-order valence-corrected chi connectivity index (χ2v) is 6.17. The molecule has 0 spiro atoms. The van der Waals surface area contributed by atoms with Crippen LogP contribution in [0.25, 0.3) is 0 Å². The third kappa shape index (κ3) is 4.03. The van der Waals surface area contributed by atoms with E-state index < -0.39 is 29.0 Å². The first-order valence-corrected chi connectivity index (χ1v) is 8.21. The summed E-state index contributed by atoms with van der Waals surface area (Å²) < 4.78 is 28.8. The van der Waals surface area contributed by atoms with Crippen molar-refractivity contribution in [2.24, 2.45) is 5.10 Å². The number of urea groups is 1. The largest absolute Gasteiger partial charge is 0.435 e.